The number of aliphatic carboxylic acids is 1. The SMILES string of the molecule is O=C(O)CC(I)n1cc(-c2ncnc3c2ccn3P)cn1. The number of nitrogens with zero attached hydrogens (tertiary/aromatic N) is 5. The minimum atomic E-state index is -0.851. The van der Waals surface area contributed by atoms with Crippen LogP contribution < -0.4 is 0 Å². The first-order chi connectivity index (χ1) is 10.1. The molecule has 0 aromatic carbocycles. The number of fused-ring (bicyclic) bond motifs is 1. The summed E-state index contributed by atoms with van der Waals surface area (Å²) in [7, 11) is 2.57. The molecule has 3 heterocycles. The normalized spacial score (nSPS) is 12.7. The van der Waals surface area contributed by atoms with Crippen molar-refractivity contribution in [1.29, 1.82) is 0 Å². The molecule has 3 rings (SSSR count). The van der Waals surface area contributed by atoms with E-state index in [-0.39, 0.29) is 10.5 Å². The van der Waals surface area contributed by atoms with Gasteiger partial charge < -0.3 is 9.44 Å². The summed E-state index contributed by atoms with van der Waals surface area (Å²) in [6, 6.07) is 1.94. The molecule has 0 saturated heterocycles. The lowest BCUT2D eigenvalue weighted by atomic mass is 10.2. The molecule has 7 nitrogen and oxygen atoms in total. The molecule has 21 heavy (non-hydrogen) atoms. The zero-order valence-electron chi connectivity index (χ0n) is 10.7. The fraction of sp³-hybridized carbons (Fsp3) is 0.167. The van der Waals surface area contributed by atoms with Crippen molar-refractivity contribution in [3.8, 4) is 11.3 Å². The Morgan fingerprint density at radius 3 is 3.05 bits per heavy atom. The maximum Gasteiger partial charge on any atom is 0.306 e. The molecule has 9 heteroatoms. The molecule has 2 unspecified atom stereocenters. The molecule has 0 radical (unpaired) electrons. The van der Waals surface area contributed by atoms with E-state index >= 15 is 0 Å². The van der Waals surface area contributed by atoms with E-state index < -0.39 is 5.97 Å². The molecule has 0 fully saturated rings. The van der Waals surface area contributed by atoms with Crippen LogP contribution in [0.25, 0.3) is 22.3 Å². The van der Waals surface area contributed by atoms with Crippen molar-refractivity contribution in [2.24, 2.45) is 0 Å². The standard InChI is InChI=1S/C12H11IN5O2P/c13-9(3-10(19)20)17-5-7(4-16-17)11-8-1-2-18(21)12(8)15-6-14-11/h1-2,4-6,9H,3,21H2,(H,19,20). The quantitative estimate of drug-likeness (QED) is 0.402. The zero-order chi connectivity index (χ0) is 15.0. The monoisotopic (exact) mass is 415 g/mol. The molecule has 2 atom stereocenters. The fourth-order valence-electron chi connectivity index (χ4n) is 2.05. The number of halogens is 1. The third kappa shape index (κ3) is 2.77. The summed E-state index contributed by atoms with van der Waals surface area (Å²) in [6.07, 6.45) is 6.91. The number of aromatic nitrogens is 5. The van der Waals surface area contributed by atoms with Crippen LogP contribution in [0.4, 0.5) is 0 Å². The van der Waals surface area contributed by atoms with Crippen LogP contribution in [0.2, 0.25) is 0 Å². The molecule has 0 saturated carbocycles. The molecule has 1 N–H and O–H groups in total. The van der Waals surface area contributed by atoms with Crippen molar-refractivity contribution >= 4 is 49.0 Å². The van der Waals surface area contributed by atoms with E-state index in [0.29, 0.717) is 0 Å². The van der Waals surface area contributed by atoms with Gasteiger partial charge in [0.05, 0.1) is 18.3 Å². The smallest absolute Gasteiger partial charge is 0.306 e. The molecule has 108 valence electrons. The number of carboxylic acids is 1. The van der Waals surface area contributed by atoms with Crippen molar-refractivity contribution in [3.63, 3.8) is 0 Å². The third-order valence-electron chi connectivity index (χ3n) is 3.01. The lowest BCUT2D eigenvalue weighted by molar-refractivity contribution is -0.137. The summed E-state index contributed by atoms with van der Waals surface area (Å²) in [5, 5.41) is 14.0. The van der Waals surface area contributed by atoms with Gasteiger partial charge in [-0.25, -0.2) is 9.97 Å². The molecular weight excluding hydrogens is 404 g/mol. The molecule has 0 amide bonds. The van der Waals surface area contributed by atoms with E-state index in [1.807, 2.05) is 22.8 Å². The largest absolute Gasteiger partial charge is 0.481 e. The fourth-order valence-corrected chi connectivity index (χ4v) is 3.03. The molecule has 3 aromatic rings. The summed E-state index contributed by atoms with van der Waals surface area (Å²) in [5.74, 6) is -0.851. The Balaban J connectivity index is 2.00. The summed E-state index contributed by atoms with van der Waals surface area (Å²) in [6.45, 7) is 0. The molecule has 0 aliphatic carbocycles. The van der Waals surface area contributed by atoms with Crippen molar-refractivity contribution in [2.75, 3.05) is 0 Å². The summed E-state index contributed by atoms with van der Waals surface area (Å²) < 4.78 is 3.24. The highest BCUT2D eigenvalue weighted by Crippen LogP contribution is 2.28. The Labute approximate surface area is 135 Å². The zero-order valence-corrected chi connectivity index (χ0v) is 14.0. The van der Waals surface area contributed by atoms with Crippen molar-refractivity contribution in [3.05, 3.63) is 31.0 Å². The van der Waals surface area contributed by atoms with Gasteiger partial charge in [-0.05, 0) is 15.5 Å². The van der Waals surface area contributed by atoms with Crippen LogP contribution in [0.5, 0.6) is 0 Å². The average molecular weight is 415 g/mol. The molecule has 0 aliphatic rings. The van der Waals surface area contributed by atoms with E-state index in [4.69, 9.17) is 5.11 Å². The lowest BCUT2D eigenvalue weighted by Gasteiger charge is -2.06. The minimum Gasteiger partial charge on any atom is -0.481 e. The second-order valence-corrected chi connectivity index (χ2v) is 6.42. The van der Waals surface area contributed by atoms with E-state index in [9.17, 15) is 4.79 Å². The Hall–Kier alpha value is -1.54. The topological polar surface area (TPSA) is 85.8 Å². The van der Waals surface area contributed by atoms with Crippen molar-refractivity contribution in [2.45, 2.75) is 10.5 Å². The first kappa shape index (κ1) is 14.4. The second-order valence-electron chi connectivity index (χ2n) is 4.42. The van der Waals surface area contributed by atoms with Crippen LogP contribution in [-0.2, 0) is 4.79 Å². The van der Waals surface area contributed by atoms with Gasteiger partial charge in [-0.2, -0.15) is 5.10 Å². The Morgan fingerprint density at radius 2 is 2.29 bits per heavy atom. The number of hydrogen-bond donors (Lipinski definition) is 1. The number of rotatable bonds is 4. The van der Waals surface area contributed by atoms with Crippen LogP contribution in [0.3, 0.4) is 0 Å². The van der Waals surface area contributed by atoms with E-state index in [2.05, 4.69) is 47.0 Å². The molecule has 0 bridgehead atoms. The van der Waals surface area contributed by atoms with Gasteiger partial charge in [0.15, 0.2) is 0 Å². The second kappa shape index (κ2) is 5.69. The maximum atomic E-state index is 10.8. The summed E-state index contributed by atoms with van der Waals surface area (Å²) in [5.41, 5.74) is 2.44. The summed E-state index contributed by atoms with van der Waals surface area (Å²) in [4.78, 5) is 19.3. The van der Waals surface area contributed by atoms with Gasteiger partial charge >= 0.3 is 5.97 Å². The van der Waals surface area contributed by atoms with Crippen LogP contribution >= 0.6 is 32.0 Å². The molecule has 0 aliphatic heterocycles. The van der Waals surface area contributed by atoms with Crippen molar-refractivity contribution < 1.29 is 9.90 Å². The van der Waals surface area contributed by atoms with Gasteiger partial charge in [0, 0.05) is 23.3 Å². The van der Waals surface area contributed by atoms with Gasteiger partial charge in [0.2, 0.25) is 0 Å². The highest BCUT2D eigenvalue weighted by Gasteiger charge is 2.15. The predicted octanol–water partition coefficient (Wildman–Crippen LogP) is 2.34. The highest BCUT2D eigenvalue weighted by molar-refractivity contribution is 14.1. The van der Waals surface area contributed by atoms with Crippen molar-refractivity contribution in [1.82, 2.24) is 24.1 Å². The van der Waals surface area contributed by atoms with Gasteiger partial charge in [-0.3, -0.25) is 9.48 Å². The Bertz CT molecular complexity index is 815. The lowest BCUT2D eigenvalue weighted by Crippen LogP contribution is -2.07. The van der Waals surface area contributed by atoms with Gasteiger partial charge in [0.1, 0.15) is 16.0 Å². The number of hydrogen-bond acceptors (Lipinski definition) is 4. The van der Waals surface area contributed by atoms with Crippen LogP contribution in [0.1, 0.15) is 10.5 Å². The first-order valence-electron chi connectivity index (χ1n) is 6.04. The van der Waals surface area contributed by atoms with Crippen LogP contribution in [0.15, 0.2) is 31.0 Å². The van der Waals surface area contributed by atoms with Gasteiger partial charge in [-0.15, -0.1) is 0 Å². The number of carboxylic acid groups (broad SMARTS) is 1. The maximum absolute atomic E-state index is 10.8. The highest BCUT2D eigenvalue weighted by atomic mass is 127. The Morgan fingerprint density at radius 1 is 1.48 bits per heavy atom. The average Bonchev–Trinajstić information content (AvgIpc) is 3.05. The molecule has 3 aromatic heterocycles. The van der Waals surface area contributed by atoms with Crippen LogP contribution in [-0.4, -0.2) is 35.2 Å². The predicted molar refractivity (Wildman–Crippen MR) is 89.2 cm³/mol. The molecule has 0 spiro atoms. The summed E-state index contributed by atoms with van der Waals surface area (Å²) >= 11 is 2.06. The Kier molecular flexibility index (Phi) is 3.90. The van der Waals surface area contributed by atoms with E-state index in [0.717, 1.165) is 22.3 Å². The number of carbonyl (C=O) groups is 1. The van der Waals surface area contributed by atoms with E-state index in [1.165, 1.54) is 6.33 Å². The number of alkyl halides is 1. The minimum absolute atomic E-state index is 0.0167. The van der Waals surface area contributed by atoms with Gasteiger partial charge in [0.25, 0.3) is 0 Å². The third-order valence-corrected chi connectivity index (χ3v) is 4.44. The molecular formula is C12H11IN5O2P. The van der Waals surface area contributed by atoms with Gasteiger partial charge in [-0.1, -0.05) is 22.6 Å². The van der Waals surface area contributed by atoms with Crippen LogP contribution in [0, 0.1) is 0 Å². The first-order valence-corrected chi connectivity index (χ1v) is 7.80. The van der Waals surface area contributed by atoms with E-state index in [1.54, 1.807) is 10.9 Å².